The third kappa shape index (κ3) is 4.28. The van der Waals surface area contributed by atoms with Gasteiger partial charge in [-0.15, -0.1) is 0 Å². The van der Waals surface area contributed by atoms with Crippen LogP contribution in [0.4, 0.5) is 0 Å². The van der Waals surface area contributed by atoms with Crippen molar-refractivity contribution < 1.29 is 9.47 Å². The predicted octanol–water partition coefficient (Wildman–Crippen LogP) is 3.94. The number of rotatable bonds is 8. The lowest BCUT2D eigenvalue weighted by Crippen LogP contribution is -2.27. The number of methoxy groups -OCH3 is 2. The molecule has 0 radical (unpaired) electrons. The van der Waals surface area contributed by atoms with Gasteiger partial charge in [-0.05, 0) is 67.1 Å². The molecule has 1 atom stereocenters. The van der Waals surface area contributed by atoms with Crippen LogP contribution in [0.1, 0.15) is 24.8 Å². The Labute approximate surface area is 162 Å². The highest BCUT2D eigenvalue weighted by atomic mass is 16.5. The van der Waals surface area contributed by atoms with E-state index in [0.717, 1.165) is 36.5 Å². The van der Waals surface area contributed by atoms with Crippen LogP contribution < -0.4 is 14.8 Å². The van der Waals surface area contributed by atoms with E-state index < -0.39 is 0 Å². The van der Waals surface area contributed by atoms with Crippen molar-refractivity contribution in [2.45, 2.75) is 31.8 Å². The molecule has 2 fully saturated rings. The van der Waals surface area contributed by atoms with Gasteiger partial charge in [-0.1, -0.05) is 30.3 Å². The van der Waals surface area contributed by atoms with E-state index in [0.29, 0.717) is 0 Å². The maximum atomic E-state index is 5.54. The van der Waals surface area contributed by atoms with E-state index >= 15 is 0 Å². The Morgan fingerprint density at radius 1 is 1.00 bits per heavy atom. The minimum atomic E-state index is 0.769. The Hall–Kier alpha value is -2.04. The summed E-state index contributed by atoms with van der Waals surface area (Å²) < 4.78 is 11.1. The summed E-state index contributed by atoms with van der Waals surface area (Å²) in [7, 11) is 3.39. The molecule has 2 aromatic carbocycles. The maximum absolute atomic E-state index is 5.54. The highest BCUT2D eigenvalue weighted by molar-refractivity contribution is 5.71. The average molecular weight is 367 g/mol. The fourth-order valence-electron chi connectivity index (χ4n) is 4.17. The number of hydrogen-bond acceptors (Lipinski definition) is 4. The van der Waals surface area contributed by atoms with Crippen molar-refractivity contribution in [2.75, 3.05) is 33.9 Å². The molecule has 1 unspecified atom stereocenters. The standard InChI is InChI=1S/C23H30N2O2/c1-26-22-12-19(15-24-14-17-10-11-25(16-17)20-8-9-20)21(13-23(22)27-2)18-6-4-3-5-7-18/h3-7,12-13,17,20,24H,8-11,14-16H2,1-2H3. The molecule has 144 valence electrons. The van der Waals surface area contributed by atoms with Gasteiger partial charge in [0, 0.05) is 19.1 Å². The molecule has 1 aliphatic carbocycles. The fraction of sp³-hybridized carbons (Fsp3) is 0.478. The van der Waals surface area contributed by atoms with E-state index in [-0.39, 0.29) is 0 Å². The van der Waals surface area contributed by atoms with Crippen LogP contribution in [0, 0.1) is 5.92 Å². The zero-order valence-electron chi connectivity index (χ0n) is 16.4. The molecular weight excluding hydrogens is 336 g/mol. The zero-order chi connectivity index (χ0) is 18.6. The first-order valence-corrected chi connectivity index (χ1v) is 10.0. The van der Waals surface area contributed by atoms with E-state index in [2.05, 4.69) is 46.6 Å². The Morgan fingerprint density at radius 3 is 2.44 bits per heavy atom. The van der Waals surface area contributed by atoms with Crippen LogP contribution in [0.3, 0.4) is 0 Å². The van der Waals surface area contributed by atoms with Gasteiger partial charge in [-0.2, -0.15) is 0 Å². The van der Waals surface area contributed by atoms with Crippen molar-refractivity contribution in [1.82, 2.24) is 10.2 Å². The molecule has 1 saturated heterocycles. The van der Waals surface area contributed by atoms with Gasteiger partial charge in [-0.3, -0.25) is 0 Å². The van der Waals surface area contributed by atoms with Gasteiger partial charge in [0.1, 0.15) is 0 Å². The second-order valence-electron chi connectivity index (χ2n) is 7.74. The molecule has 2 aliphatic rings. The van der Waals surface area contributed by atoms with Crippen LogP contribution in [0.5, 0.6) is 11.5 Å². The molecule has 1 N–H and O–H groups in total. The SMILES string of the molecule is COc1cc(CNCC2CCN(C3CC3)C2)c(-c2ccccc2)cc1OC. The summed E-state index contributed by atoms with van der Waals surface area (Å²) in [5.41, 5.74) is 3.65. The molecule has 4 rings (SSSR count). The van der Waals surface area contributed by atoms with Gasteiger partial charge < -0.3 is 19.7 Å². The van der Waals surface area contributed by atoms with E-state index in [1.54, 1.807) is 14.2 Å². The van der Waals surface area contributed by atoms with Gasteiger partial charge >= 0.3 is 0 Å². The van der Waals surface area contributed by atoms with Gasteiger partial charge in [0.2, 0.25) is 0 Å². The fourth-order valence-corrected chi connectivity index (χ4v) is 4.17. The molecule has 0 spiro atoms. The quantitative estimate of drug-likeness (QED) is 0.767. The second kappa shape index (κ2) is 8.32. The number of nitrogens with one attached hydrogen (secondary N) is 1. The molecule has 4 nitrogen and oxygen atoms in total. The summed E-state index contributed by atoms with van der Waals surface area (Å²) in [5, 5.41) is 3.70. The van der Waals surface area contributed by atoms with E-state index in [1.165, 1.54) is 49.0 Å². The van der Waals surface area contributed by atoms with Crippen LogP contribution in [0.25, 0.3) is 11.1 Å². The summed E-state index contributed by atoms with van der Waals surface area (Å²) in [6, 6.07) is 15.6. The van der Waals surface area contributed by atoms with E-state index in [4.69, 9.17) is 9.47 Å². The summed E-state index contributed by atoms with van der Waals surface area (Å²) in [4.78, 5) is 2.68. The Bertz CT molecular complexity index is 758. The van der Waals surface area contributed by atoms with Crippen molar-refractivity contribution in [3.63, 3.8) is 0 Å². The van der Waals surface area contributed by atoms with Crippen LogP contribution in [-0.2, 0) is 6.54 Å². The van der Waals surface area contributed by atoms with E-state index in [9.17, 15) is 0 Å². The van der Waals surface area contributed by atoms with Gasteiger partial charge in [0.15, 0.2) is 11.5 Å². The van der Waals surface area contributed by atoms with Crippen molar-refractivity contribution in [3.8, 4) is 22.6 Å². The smallest absolute Gasteiger partial charge is 0.161 e. The molecule has 0 amide bonds. The monoisotopic (exact) mass is 366 g/mol. The van der Waals surface area contributed by atoms with Crippen molar-refractivity contribution in [2.24, 2.45) is 5.92 Å². The number of likely N-dealkylation sites (tertiary alicyclic amines) is 1. The minimum Gasteiger partial charge on any atom is -0.493 e. The van der Waals surface area contributed by atoms with Crippen LogP contribution in [-0.4, -0.2) is 44.8 Å². The van der Waals surface area contributed by atoms with Gasteiger partial charge in [0.25, 0.3) is 0 Å². The molecule has 2 aromatic rings. The lowest BCUT2D eigenvalue weighted by molar-refractivity contribution is 0.312. The lowest BCUT2D eigenvalue weighted by Gasteiger charge is -2.18. The summed E-state index contributed by atoms with van der Waals surface area (Å²) in [6.45, 7) is 4.45. The average Bonchev–Trinajstić information content (AvgIpc) is 3.47. The first-order valence-electron chi connectivity index (χ1n) is 10.0. The molecule has 0 aromatic heterocycles. The molecule has 1 saturated carbocycles. The first kappa shape index (κ1) is 18.3. The molecular formula is C23H30N2O2. The molecule has 1 aliphatic heterocycles. The molecule has 1 heterocycles. The topological polar surface area (TPSA) is 33.7 Å². The van der Waals surface area contributed by atoms with Crippen molar-refractivity contribution >= 4 is 0 Å². The number of benzene rings is 2. The Morgan fingerprint density at radius 2 is 1.74 bits per heavy atom. The number of nitrogens with zero attached hydrogens (tertiary/aromatic N) is 1. The Kier molecular flexibility index (Phi) is 5.65. The van der Waals surface area contributed by atoms with Crippen LogP contribution in [0.15, 0.2) is 42.5 Å². The van der Waals surface area contributed by atoms with Crippen LogP contribution >= 0.6 is 0 Å². The molecule has 27 heavy (non-hydrogen) atoms. The highest BCUT2D eigenvalue weighted by Gasteiger charge is 2.34. The van der Waals surface area contributed by atoms with E-state index in [1.807, 2.05) is 6.07 Å². The second-order valence-corrected chi connectivity index (χ2v) is 7.74. The summed E-state index contributed by atoms with van der Waals surface area (Å²) in [6.07, 6.45) is 4.14. The minimum absolute atomic E-state index is 0.769. The lowest BCUT2D eigenvalue weighted by atomic mass is 9.98. The van der Waals surface area contributed by atoms with Crippen molar-refractivity contribution in [1.29, 1.82) is 0 Å². The third-order valence-electron chi connectivity index (χ3n) is 5.82. The van der Waals surface area contributed by atoms with Crippen LogP contribution in [0.2, 0.25) is 0 Å². The largest absolute Gasteiger partial charge is 0.493 e. The third-order valence-corrected chi connectivity index (χ3v) is 5.82. The summed E-state index contributed by atoms with van der Waals surface area (Å²) in [5.74, 6) is 2.33. The van der Waals surface area contributed by atoms with Gasteiger partial charge in [0.05, 0.1) is 14.2 Å². The molecule has 0 bridgehead atoms. The maximum Gasteiger partial charge on any atom is 0.161 e. The van der Waals surface area contributed by atoms with Crippen molar-refractivity contribution in [3.05, 3.63) is 48.0 Å². The zero-order valence-corrected chi connectivity index (χ0v) is 16.4. The number of ether oxygens (including phenoxy) is 2. The normalized spacial score (nSPS) is 20.0. The highest BCUT2D eigenvalue weighted by Crippen LogP contribution is 2.36. The Balaban J connectivity index is 1.47. The number of hydrogen-bond donors (Lipinski definition) is 1. The summed E-state index contributed by atoms with van der Waals surface area (Å²) >= 11 is 0. The molecule has 4 heteroatoms. The predicted molar refractivity (Wildman–Crippen MR) is 109 cm³/mol. The first-order chi connectivity index (χ1) is 13.3. The van der Waals surface area contributed by atoms with Gasteiger partial charge in [-0.25, -0.2) is 0 Å².